The van der Waals surface area contributed by atoms with Gasteiger partial charge in [0.1, 0.15) is 0 Å². The molecule has 0 fully saturated rings. The van der Waals surface area contributed by atoms with Crippen LogP contribution in [0.4, 0.5) is 0 Å². The fourth-order valence-electron chi connectivity index (χ4n) is 2.28. The van der Waals surface area contributed by atoms with Crippen LogP contribution in [-0.4, -0.2) is 18.2 Å². The number of carbonyl (C=O) groups is 2. The van der Waals surface area contributed by atoms with Gasteiger partial charge in [0, 0.05) is 30.9 Å². The number of esters is 2. The molecule has 0 unspecified atom stereocenters. The van der Waals surface area contributed by atoms with Gasteiger partial charge in [-0.15, -0.1) is 0 Å². The van der Waals surface area contributed by atoms with Crippen molar-refractivity contribution in [1.29, 1.82) is 0 Å². The standard InChI is InChI=1S/C20H19ClO4/c1-14(22)24-20(25-15(2)23)18(12-16-6-4-3-5-7-16)13-17-8-10-19(21)11-9-17/h3-11,13,20H,12H2,1-2H3/b18-13+. The van der Waals surface area contributed by atoms with Crippen LogP contribution in [0.25, 0.3) is 6.08 Å². The largest absolute Gasteiger partial charge is 0.421 e. The molecule has 0 aliphatic rings. The Morgan fingerprint density at radius 2 is 1.52 bits per heavy atom. The number of halogens is 1. The fourth-order valence-corrected chi connectivity index (χ4v) is 2.41. The third kappa shape index (κ3) is 6.43. The van der Waals surface area contributed by atoms with Gasteiger partial charge in [-0.1, -0.05) is 54.1 Å². The summed E-state index contributed by atoms with van der Waals surface area (Å²) < 4.78 is 10.4. The van der Waals surface area contributed by atoms with E-state index in [2.05, 4.69) is 0 Å². The van der Waals surface area contributed by atoms with Crippen molar-refractivity contribution in [1.82, 2.24) is 0 Å². The van der Waals surface area contributed by atoms with Crippen molar-refractivity contribution in [3.8, 4) is 0 Å². The Kier molecular flexibility index (Phi) is 6.78. The maximum Gasteiger partial charge on any atom is 0.305 e. The van der Waals surface area contributed by atoms with Crippen LogP contribution in [0.2, 0.25) is 5.02 Å². The highest BCUT2D eigenvalue weighted by Crippen LogP contribution is 2.21. The predicted molar refractivity (Wildman–Crippen MR) is 96.9 cm³/mol. The summed E-state index contributed by atoms with van der Waals surface area (Å²) in [6, 6.07) is 16.9. The van der Waals surface area contributed by atoms with Crippen LogP contribution in [0.3, 0.4) is 0 Å². The highest BCUT2D eigenvalue weighted by atomic mass is 35.5. The van der Waals surface area contributed by atoms with Gasteiger partial charge in [0.05, 0.1) is 0 Å². The van der Waals surface area contributed by atoms with E-state index in [1.165, 1.54) is 13.8 Å². The van der Waals surface area contributed by atoms with E-state index >= 15 is 0 Å². The molecular weight excluding hydrogens is 340 g/mol. The number of benzene rings is 2. The van der Waals surface area contributed by atoms with Crippen LogP contribution in [0.1, 0.15) is 25.0 Å². The highest BCUT2D eigenvalue weighted by Gasteiger charge is 2.21. The van der Waals surface area contributed by atoms with Crippen LogP contribution in [0.15, 0.2) is 60.2 Å². The molecule has 0 aromatic heterocycles. The summed E-state index contributed by atoms with van der Waals surface area (Å²) in [4.78, 5) is 22.9. The third-order valence-electron chi connectivity index (χ3n) is 3.32. The molecule has 0 aliphatic heterocycles. The van der Waals surface area contributed by atoms with E-state index in [1.807, 2.05) is 48.5 Å². The summed E-state index contributed by atoms with van der Waals surface area (Å²) >= 11 is 5.92. The summed E-state index contributed by atoms with van der Waals surface area (Å²) in [5, 5.41) is 0.623. The van der Waals surface area contributed by atoms with E-state index in [1.54, 1.807) is 12.1 Å². The summed E-state index contributed by atoms with van der Waals surface area (Å²) in [5.74, 6) is -1.05. The van der Waals surface area contributed by atoms with Crippen LogP contribution < -0.4 is 0 Å². The molecule has 5 heteroatoms. The SMILES string of the molecule is CC(=O)OC(OC(C)=O)/C(=C/c1ccc(Cl)cc1)Cc1ccccc1. The zero-order valence-corrected chi connectivity index (χ0v) is 14.8. The molecule has 0 spiro atoms. The third-order valence-corrected chi connectivity index (χ3v) is 3.57. The monoisotopic (exact) mass is 358 g/mol. The van der Waals surface area contributed by atoms with E-state index in [0.717, 1.165) is 11.1 Å². The van der Waals surface area contributed by atoms with Crippen molar-refractivity contribution >= 4 is 29.6 Å². The average Bonchev–Trinajstić information content (AvgIpc) is 2.56. The lowest BCUT2D eigenvalue weighted by Crippen LogP contribution is -2.25. The second-order valence-corrected chi connectivity index (χ2v) is 5.92. The molecule has 0 saturated carbocycles. The summed E-state index contributed by atoms with van der Waals surface area (Å²) in [5.41, 5.74) is 2.52. The molecular formula is C20H19ClO4. The average molecular weight is 359 g/mol. The minimum atomic E-state index is -1.08. The Morgan fingerprint density at radius 1 is 0.960 bits per heavy atom. The minimum Gasteiger partial charge on any atom is -0.421 e. The second kappa shape index (κ2) is 9.04. The van der Waals surface area contributed by atoms with E-state index in [4.69, 9.17) is 21.1 Å². The lowest BCUT2D eigenvalue weighted by molar-refractivity contribution is -0.178. The van der Waals surface area contributed by atoms with Crippen molar-refractivity contribution in [2.45, 2.75) is 26.6 Å². The predicted octanol–water partition coefficient (Wildman–Crippen LogP) is 4.42. The molecule has 0 saturated heterocycles. The first-order valence-corrected chi connectivity index (χ1v) is 8.16. The van der Waals surface area contributed by atoms with Crippen molar-refractivity contribution in [3.63, 3.8) is 0 Å². The topological polar surface area (TPSA) is 52.6 Å². The molecule has 0 amide bonds. The van der Waals surface area contributed by atoms with Crippen LogP contribution in [0.5, 0.6) is 0 Å². The number of hydrogen-bond donors (Lipinski definition) is 0. The van der Waals surface area contributed by atoms with Gasteiger partial charge in [0.25, 0.3) is 6.29 Å². The molecule has 2 aromatic carbocycles. The molecule has 2 aromatic rings. The molecule has 0 N–H and O–H groups in total. The molecule has 2 rings (SSSR count). The van der Waals surface area contributed by atoms with Gasteiger partial charge in [0.15, 0.2) is 0 Å². The lowest BCUT2D eigenvalue weighted by atomic mass is 10.0. The van der Waals surface area contributed by atoms with Crippen molar-refractivity contribution in [2.75, 3.05) is 0 Å². The Hall–Kier alpha value is -2.59. The van der Waals surface area contributed by atoms with Gasteiger partial charge in [-0.2, -0.15) is 0 Å². The first kappa shape index (κ1) is 18.7. The molecule has 0 aliphatic carbocycles. The molecule has 0 heterocycles. The van der Waals surface area contributed by atoms with Crippen LogP contribution in [-0.2, 0) is 25.5 Å². The Bertz CT molecular complexity index is 735. The lowest BCUT2D eigenvalue weighted by Gasteiger charge is -2.20. The number of hydrogen-bond acceptors (Lipinski definition) is 4. The Labute approximate surface area is 152 Å². The molecule has 130 valence electrons. The fraction of sp³-hybridized carbons (Fsp3) is 0.200. The van der Waals surface area contributed by atoms with Gasteiger partial charge in [0.2, 0.25) is 0 Å². The molecule has 0 radical (unpaired) electrons. The molecule has 4 nitrogen and oxygen atoms in total. The smallest absolute Gasteiger partial charge is 0.305 e. The molecule has 25 heavy (non-hydrogen) atoms. The van der Waals surface area contributed by atoms with Gasteiger partial charge >= 0.3 is 11.9 Å². The number of ether oxygens (including phenoxy) is 2. The summed E-state index contributed by atoms with van der Waals surface area (Å²) in [7, 11) is 0. The van der Waals surface area contributed by atoms with E-state index in [0.29, 0.717) is 17.0 Å². The summed E-state index contributed by atoms with van der Waals surface area (Å²) in [6.45, 7) is 2.55. The second-order valence-electron chi connectivity index (χ2n) is 5.48. The zero-order valence-electron chi connectivity index (χ0n) is 14.1. The van der Waals surface area contributed by atoms with Gasteiger partial charge in [-0.3, -0.25) is 9.59 Å². The van der Waals surface area contributed by atoms with Crippen LogP contribution in [0, 0.1) is 0 Å². The number of rotatable bonds is 6. The summed E-state index contributed by atoms with van der Waals surface area (Å²) in [6.07, 6.45) is 1.22. The normalized spacial score (nSPS) is 11.3. The Balaban J connectivity index is 2.39. The quantitative estimate of drug-likeness (QED) is 0.566. The Morgan fingerprint density at radius 3 is 2.04 bits per heavy atom. The maximum absolute atomic E-state index is 11.4. The van der Waals surface area contributed by atoms with Gasteiger partial charge in [-0.05, 0) is 29.3 Å². The first-order chi connectivity index (χ1) is 11.9. The highest BCUT2D eigenvalue weighted by molar-refractivity contribution is 6.30. The molecule has 0 bridgehead atoms. The van der Waals surface area contributed by atoms with Gasteiger partial charge < -0.3 is 9.47 Å². The van der Waals surface area contributed by atoms with Crippen molar-refractivity contribution < 1.29 is 19.1 Å². The zero-order chi connectivity index (χ0) is 18.2. The minimum absolute atomic E-state index is 0.467. The molecule has 0 atom stereocenters. The number of carbonyl (C=O) groups excluding carboxylic acids is 2. The van der Waals surface area contributed by atoms with E-state index in [-0.39, 0.29) is 0 Å². The maximum atomic E-state index is 11.4. The van der Waals surface area contributed by atoms with E-state index < -0.39 is 18.2 Å². The van der Waals surface area contributed by atoms with Crippen LogP contribution >= 0.6 is 11.6 Å². The van der Waals surface area contributed by atoms with Crippen molar-refractivity contribution in [3.05, 3.63) is 76.3 Å². The van der Waals surface area contributed by atoms with Gasteiger partial charge in [-0.25, -0.2) is 0 Å². The first-order valence-electron chi connectivity index (χ1n) is 7.78. The van der Waals surface area contributed by atoms with Crippen molar-refractivity contribution in [2.24, 2.45) is 0 Å². The van der Waals surface area contributed by atoms with E-state index in [9.17, 15) is 9.59 Å².